The number of aliphatic carboxylic acids is 1. The van der Waals surface area contributed by atoms with Crippen LogP contribution in [0.25, 0.3) is 0 Å². The van der Waals surface area contributed by atoms with Gasteiger partial charge in [0.1, 0.15) is 18.0 Å². The van der Waals surface area contributed by atoms with Gasteiger partial charge in [-0.2, -0.15) is 0 Å². The van der Waals surface area contributed by atoms with E-state index in [1.807, 2.05) is 6.07 Å². The molecule has 0 aliphatic rings. The Bertz CT molecular complexity index is 501. The fourth-order valence-electron chi connectivity index (χ4n) is 2.02. The number of likely N-dealkylation sites (N-methyl/N-ethyl adjacent to an activating group) is 1. The lowest BCUT2D eigenvalue weighted by molar-refractivity contribution is -0.144. The molecule has 0 spiro atoms. The van der Waals surface area contributed by atoms with E-state index in [0.29, 0.717) is 24.5 Å². The van der Waals surface area contributed by atoms with E-state index in [-0.39, 0.29) is 18.9 Å². The number of benzene rings is 1. The lowest BCUT2D eigenvalue weighted by atomic mass is 10.1. The van der Waals surface area contributed by atoms with Crippen molar-refractivity contribution in [1.82, 2.24) is 4.90 Å². The van der Waals surface area contributed by atoms with Gasteiger partial charge in [0.05, 0.1) is 14.2 Å². The predicted octanol–water partition coefficient (Wildman–Crippen LogP) is 1.57. The van der Waals surface area contributed by atoms with Gasteiger partial charge in [-0.1, -0.05) is 0 Å². The van der Waals surface area contributed by atoms with Crippen LogP contribution in [0.4, 0.5) is 0 Å². The third kappa shape index (κ3) is 4.98. The molecule has 116 valence electrons. The fraction of sp³-hybridized carbons (Fsp3) is 0.467. The van der Waals surface area contributed by atoms with Crippen LogP contribution in [0.15, 0.2) is 18.2 Å². The van der Waals surface area contributed by atoms with Crippen molar-refractivity contribution in [2.45, 2.75) is 19.8 Å². The summed E-state index contributed by atoms with van der Waals surface area (Å²) in [6.45, 7) is 1.86. The highest BCUT2D eigenvalue weighted by molar-refractivity contribution is 5.81. The van der Waals surface area contributed by atoms with E-state index in [1.54, 1.807) is 33.3 Å². The molecule has 0 saturated heterocycles. The summed E-state index contributed by atoms with van der Waals surface area (Å²) >= 11 is 0. The number of hydrogen-bond donors (Lipinski definition) is 1. The summed E-state index contributed by atoms with van der Waals surface area (Å²) < 4.78 is 10.4. The number of nitrogens with zero attached hydrogens (tertiary/aromatic N) is 1. The second-order valence-corrected chi connectivity index (χ2v) is 4.48. The Labute approximate surface area is 124 Å². The second kappa shape index (κ2) is 8.14. The van der Waals surface area contributed by atoms with Crippen molar-refractivity contribution >= 4 is 11.9 Å². The molecule has 0 unspecified atom stereocenters. The van der Waals surface area contributed by atoms with E-state index in [9.17, 15) is 9.59 Å². The number of amides is 1. The van der Waals surface area contributed by atoms with Gasteiger partial charge in [0.2, 0.25) is 5.91 Å². The van der Waals surface area contributed by atoms with E-state index in [1.165, 1.54) is 4.90 Å². The summed E-state index contributed by atoms with van der Waals surface area (Å²) in [5.74, 6) is 0.176. The number of carboxylic acids is 1. The minimum atomic E-state index is -1.01. The van der Waals surface area contributed by atoms with Crippen LogP contribution in [0.2, 0.25) is 0 Å². The molecule has 0 radical (unpaired) electrons. The van der Waals surface area contributed by atoms with Crippen molar-refractivity contribution < 1.29 is 24.2 Å². The van der Waals surface area contributed by atoms with Crippen molar-refractivity contribution in [1.29, 1.82) is 0 Å². The first-order chi connectivity index (χ1) is 10.0. The number of carbonyl (C=O) groups excluding carboxylic acids is 1. The number of ether oxygens (including phenoxy) is 2. The zero-order valence-electron chi connectivity index (χ0n) is 12.6. The lowest BCUT2D eigenvalue weighted by Crippen LogP contribution is -2.35. The number of methoxy groups -OCH3 is 2. The number of rotatable bonds is 8. The van der Waals surface area contributed by atoms with E-state index in [0.717, 1.165) is 5.56 Å². The van der Waals surface area contributed by atoms with E-state index in [4.69, 9.17) is 14.6 Å². The Kier molecular flexibility index (Phi) is 6.52. The molecule has 0 atom stereocenters. The average molecular weight is 295 g/mol. The summed E-state index contributed by atoms with van der Waals surface area (Å²) in [5, 5.41) is 8.77. The average Bonchev–Trinajstić information content (AvgIpc) is 2.49. The van der Waals surface area contributed by atoms with Crippen LogP contribution in [0, 0.1) is 0 Å². The second-order valence-electron chi connectivity index (χ2n) is 4.48. The van der Waals surface area contributed by atoms with Gasteiger partial charge >= 0.3 is 5.97 Å². The summed E-state index contributed by atoms with van der Waals surface area (Å²) in [6.07, 6.45) is 0.694. The number of carboxylic acid groups (broad SMARTS) is 1. The summed E-state index contributed by atoms with van der Waals surface area (Å²) in [4.78, 5) is 24.0. The molecule has 0 fully saturated rings. The van der Waals surface area contributed by atoms with Crippen LogP contribution in [-0.2, 0) is 16.0 Å². The van der Waals surface area contributed by atoms with Gasteiger partial charge in [0.25, 0.3) is 0 Å². The summed E-state index contributed by atoms with van der Waals surface area (Å²) in [7, 11) is 3.14. The van der Waals surface area contributed by atoms with Gasteiger partial charge in [0, 0.05) is 13.0 Å². The molecular weight excluding hydrogens is 274 g/mol. The maximum atomic E-state index is 12.0. The molecule has 1 N–H and O–H groups in total. The van der Waals surface area contributed by atoms with Crippen LogP contribution in [0.5, 0.6) is 11.5 Å². The quantitative estimate of drug-likeness (QED) is 0.788. The van der Waals surface area contributed by atoms with E-state index >= 15 is 0 Å². The number of aryl methyl sites for hydroxylation is 1. The Morgan fingerprint density at radius 2 is 1.95 bits per heavy atom. The highest BCUT2D eigenvalue weighted by atomic mass is 16.5. The van der Waals surface area contributed by atoms with Crippen molar-refractivity contribution in [3.05, 3.63) is 23.8 Å². The highest BCUT2D eigenvalue weighted by Crippen LogP contribution is 2.25. The van der Waals surface area contributed by atoms with Gasteiger partial charge in [-0.3, -0.25) is 9.59 Å². The normalized spacial score (nSPS) is 10.0. The lowest BCUT2D eigenvalue weighted by Gasteiger charge is -2.19. The minimum absolute atomic E-state index is 0.190. The standard InChI is InChI=1S/C15H21NO5/c1-4-16(10-15(18)19)14(17)8-5-11-9-12(20-2)6-7-13(11)21-3/h6-7,9H,4-5,8,10H2,1-3H3,(H,18,19). The van der Waals surface area contributed by atoms with Gasteiger partial charge in [-0.05, 0) is 37.1 Å². The molecule has 0 aliphatic carbocycles. The first kappa shape index (κ1) is 16.8. The van der Waals surface area contributed by atoms with Crippen LogP contribution in [0.3, 0.4) is 0 Å². The third-order valence-corrected chi connectivity index (χ3v) is 3.16. The maximum absolute atomic E-state index is 12.0. The molecule has 1 rings (SSSR count). The molecule has 0 aromatic heterocycles. The molecule has 0 saturated carbocycles. The molecule has 1 aromatic rings. The Hall–Kier alpha value is -2.24. The zero-order chi connectivity index (χ0) is 15.8. The first-order valence-electron chi connectivity index (χ1n) is 6.72. The van der Waals surface area contributed by atoms with Crippen LogP contribution < -0.4 is 9.47 Å². The zero-order valence-corrected chi connectivity index (χ0v) is 12.6. The molecule has 6 nitrogen and oxygen atoms in total. The maximum Gasteiger partial charge on any atom is 0.323 e. The summed E-state index contributed by atoms with van der Waals surface area (Å²) in [6, 6.07) is 5.39. The summed E-state index contributed by atoms with van der Waals surface area (Å²) in [5.41, 5.74) is 0.858. The Balaban J connectivity index is 2.73. The molecule has 21 heavy (non-hydrogen) atoms. The SMILES string of the molecule is CCN(CC(=O)O)C(=O)CCc1cc(OC)ccc1OC. The van der Waals surface area contributed by atoms with Gasteiger partial charge in [-0.25, -0.2) is 0 Å². The highest BCUT2D eigenvalue weighted by Gasteiger charge is 2.16. The molecule has 6 heteroatoms. The van der Waals surface area contributed by atoms with Crippen molar-refractivity contribution in [3.8, 4) is 11.5 Å². The Morgan fingerprint density at radius 3 is 2.48 bits per heavy atom. The predicted molar refractivity (Wildman–Crippen MR) is 77.8 cm³/mol. The molecule has 0 aliphatic heterocycles. The van der Waals surface area contributed by atoms with E-state index < -0.39 is 5.97 Å². The van der Waals surface area contributed by atoms with Crippen molar-refractivity contribution in [2.24, 2.45) is 0 Å². The fourth-order valence-corrected chi connectivity index (χ4v) is 2.02. The first-order valence-corrected chi connectivity index (χ1v) is 6.72. The van der Waals surface area contributed by atoms with Crippen LogP contribution in [0.1, 0.15) is 18.9 Å². The van der Waals surface area contributed by atoms with Crippen molar-refractivity contribution in [2.75, 3.05) is 27.3 Å². The monoisotopic (exact) mass is 295 g/mol. The van der Waals surface area contributed by atoms with E-state index in [2.05, 4.69) is 0 Å². The molecule has 0 bridgehead atoms. The molecule has 1 amide bonds. The number of hydrogen-bond acceptors (Lipinski definition) is 4. The van der Waals surface area contributed by atoms with Gasteiger partial charge < -0.3 is 19.5 Å². The van der Waals surface area contributed by atoms with Crippen molar-refractivity contribution in [3.63, 3.8) is 0 Å². The molecule has 0 heterocycles. The topological polar surface area (TPSA) is 76.1 Å². The largest absolute Gasteiger partial charge is 0.497 e. The van der Waals surface area contributed by atoms with Crippen LogP contribution in [-0.4, -0.2) is 49.2 Å². The van der Waals surface area contributed by atoms with Crippen LogP contribution >= 0.6 is 0 Å². The Morgan fingerprint density at radius 1 is 1.24 bits per heavy atom. The van der Waals surface area contributed by atoms with Gasteiger partial charge in [-0.15, -0.1) is 0 Å². The van der Waals surface area contributed by atoms with Gasteiger partial charge in [0.15, 0.2) is 0 Å². The molecular formula is C15H21NO5. The number of carbonyl (C=O) groups is 2. The minimum Gasteiger partial charge on any atom is -0.497 e. The molecule has 1 aromatic carbocycles. The smallest absolute Gasteiger partial charge is 0.323 e. The third-order valence-electron chi connectivity index (χ3n) is 3.16.